The van der Waals surface area contributed by atoms with Gasteiger partial charge in [0.1, 0.15) is 5.82 Å². The predicted molar refractivity (Wildman–Crippen MR) is 79.2 cm³/mol. The maximum absolute atomic E-state index is 12.9. The summed E-state index contributed by atoms with van der Waals surface area (Å²) in [6.45, 7) is 3.23. The molecule has 102 valence electrons. The minimum absolute atomic E-state index is 0.144. The zero-order valence-electron chi connectivity index (χ0n) is 11.0. The molecule has 1 aromatic carbocycles. The summed E-state index contributed by atoms with van der Waals surface area (Å²) in [6.07, 6.45) is 3.52. The Morgan fingerprint density at radius 1 is 1.21 bits per heavy atom. The molecule has 2 aliphatic heterocycles. The number of amidine groups is 1. The van der Waals surface area contributed by atoms with Crippen LogP contribution in [0.15, 0.2) is 29.3 Å². The van der Waals surface area contributed by atoms with Crippen molar-refractivity contribution in [3.05, 3.63) is 35.6 Å². The average Bonchev–Trinajstić information content (AvgIpc) is 2.96. The van der Waals surface area contributed by atoms with E-state index >= 15 is 0 Å². The summed E-state index contributed by atoms with van der Waals surface area (Å²) in [4.78, 5) is 6.97. The molecule has 1 saturated heterocycles. The van der Waals surface area contributed by atoms with Crippen LogP contribution in [0.2, 0.25) is 0 Å². The van der Waals surface area contributed by atoms with E-state index in [-0.39, 0.29) is 5.82 Å². The van der Waals surface area contributed by atoms with Crippen molar-refractivity contribution in [3.8, 4) is 0 Å². The standard InChI is InChI=1S/C15H19FN2S/c16-14-3-1-12(2-4-14)11-13-5-8-18(9-6-13)15-17-7-10-19-15/h1-4,13H,5-11H2. The maximum atomic E-state index is 12.9. The van der Waals surface area contributed by atoms with Crippen LogP contribution in [0, 0.1) is 11.7 Å². The van der Waals surface area contributed by atoms with Gasteiger partial charge < -0.3 is 4.90 Å². The van der Waals surface area contributed by atoms with Crippen molar-refractivity contribution in [2.24, 2.45) is 10.9 Å². The molecule has 2 nitrogen and oxygen atoms in total. The van der Waals surface area contributed by atoms with Crippen LogP contribution >= 0.6 is 11.8 Å². The maximum Gasteiger partial charge on any atom is 0.159 e. The van der Waals surface area contributed by atoms with Gasteiger partial charge in [-0.15, -0.1) is 0 Å². The lowest BCUT2D eigenvalue weighted by Crippen LogP contribution is -2.37. The van der Waals surface area contributed by atoms with E-state index < -0.39 is 0 Å². The summed E-state index contributed by atoms with van der Waals surface area (Å²) in [7, 11) is 0. The third kappa shape index (κ3) is 3.30. The molecule has 2 aliphatic rings. The van der Waals surface area contributed by atoms with Gasteiger partial charge in [0.05, 0.1) is 6.54 Å². The summed E-state index contributed by atoms with van der Waals surface area (Å²) >= 11 is 1.89. The van der Waals surface area contributed by atoms with Crippen molar-refractivity contribution >= 4 is 16.9 Å². The summed E-state index contributed by atoms with van der Waals surface area (Å²) < 4.78 is 12.9. The minimum atomic E-state index is -0.144. The zero-order valence-corrected chi connectivity index (χ0v) is 11.8. The second kappa shape index (κ2) is 5.95. The van der Waals surface area contributed by atoms with E-state index in [0.29, 0.717) is 0 Å². The topological polar surface area (TPSA) is 15.6 Å². The van der Waals surface area contributed by atoms with E-state index in [0.717, 1.165) is 37.7 Å². The van der Waals surface area contributed by atoms with Crippen molar-refractivity contribution < 1.29 is 4.39 Å². The first-order valence-electron chi connectivity index (χ1n) is 6.98. The summed E-state index contributed by atoms with van der Waals surface area (Å²) in [5.41, 5.74) is 1.26. The van der Waals surface area contributed by atoms with Gasteiger partial charge in [-0.2, -0.15) is 0 Å². The molecule has 2 heterocycles. The molecule has 0 N–H and O–H groups in total. The summed E-state index contributed by atoms with van der Waals surface area (Å²) in [6, 6.07) is 6.96. The molecule has 0 radical (unpaired) electrons. The molecule has 19 heavy (non-hydrogen) atoms. The number of likely N-dealkylation sites (tertiary alicyclic amines) is 1. The zero-order chi connectivity index (χ0) is 13.1. The number of aliphatic imine (C=N–C) groups is 1. The van der Waals surface area contributed by atoms with Gasteiger partial charge in [-0.25, -0.2) is 4.39 Å². The Hall–Kier alpha value is -1.03. The predicted octanol–water partition coefficient (Wildman–Crippen LogP) is 3.18. The van der Waals surface area contributed by atoms with Crippen LogP contribution in [-0.2, 0) is 6.42 Å². The van der Waals surface area contributed by atoms with Crippen LogP contribution in [0.1, 0.15) is 18.4 Å². The highest BCUT2D eigenvalue weighted by Gasteiger charge is 2.23. The van der Waals surface area contributed by atoms with Crippen molar-refractivity contribution in [1.29, 1.82) is 0 Å². The molecule has 0 aliphatic carbocycles. The van der Waals surface area contributed by atoms with Crippen LogP contribution in [0.5, 0.6) is 0 Å². The fraction of sp³-hybridized carbons (Fsp3) is 0.533. The van der Waals surface area contributed by atoms with E-state index in [9.17, 15) is 4.39 Å². The molecule has 0 atom stereocenters. The van der Waals surface area contributed by atoms with Crippen LogP contribution in [0.25, 0.3) is 0 Å². The lowest BCUT2D eigenvalue weighted by Gasteiger charge is -2.33. The van der Waals surface area contributed by atoms with Crippen molar-refractivity contribution in [1.82, 2.24) is 4.90 Å². The molecule has 1 aromatic rings. The lowest BCUT2D eigenvalue weighted by atomic mass is 9.90. The smallest absolute Gasteiger partial charge is 0.159 e. The van der Waals surface area contributed by atoms with Gasteiger partial charge in [-0.05, 0) is 42.9 Å². The number of hydrogen-bond acceptors (Lipinski definition) is 3. The minimum Gasteiger partial charge on any atom is -0.351 e. The Kier molecular flexibility index (Phi) is 4.06. The van der Waals surface area contributed by atoms with E-state index in [1.807, 2.05) is 23.9 Å². The number of hydrogen-bond donors (Lipinski definition) is 0. The van der Waals surface area contributed by atoms with E-state index in [2.05, 4.69) is 9.89 Å². The first kappa shape index (κ1) is 13.0. The number of nitrogens with zero attached hydrogens (tertiary/aromatic N) is 2. The monoisotopic (exact) mass is 278 g/mol. The second-order valence-electron chi connectivity index (χ2n) is 5.27. The average molecular weight is 278 g/mol. The number of piperidine rings is 1. The summed E-state index contributed by atoms with van der Waals surface area (Å²) in [5.74, 6) is 1.73. The highest BCUT2D eigenvalue weighted by atomic mass is 32.2. The number of thioether (sulfide) groups is 1. The Labute approximate surface area is 118 Å². The van der Waals surface area contributed by atoms with Crippen molar-refractivity contribution in [2.75, 3.05) is 25.4 Å². The van der Waals surface area contributed by atoms with Gasteiger partial charge in [0.25, 0.3) is 0 Å². The molecule has 3 rings (SSSR count). The lowest BCUT2D eigenvalue weighted by molar-refractivity contribution is 0.269. The van der Waals surface area contributed by atoms with Gasteiger partial charge in [0, 0.05) is 18.8 Å². The second-order valence-corrected chi connectivity index (χ2v) is 6.34. The molecule has 0 spiro atoms. The molecular weight excluding hydrogens is 259 g/mol. The highest BCUT2D eigenvalue weighted by Crippen LogP contribution is 2.25. The van der Waals surface area contributed by atoms with E-state index in [4.69, 9.17) is 0 Å². The van der Waals surface area contributed by atoms with E-state index in [1.54, 1.807) is 12.1 Å². The first-order valence-corrected chi connectivity index (χ1v) is 7.96. The van der Waals surface area contributed by atoms with Crippen LogP contribution in [-0.4, -0.2) is 35.5 Å². The van der Waals surface area contributed by atoms with Crippen LogP contribution in [0.3, 0.4) is 0 Å². The number of benzene rings is 1. The largest absolute Gasteiger partial charge is 0.351 e. The quantitative estimate of drug-likeness (QED) is 0.825. The van der Waals surface area contributed by atoms with Gasteiger partial charge in [0.15, 0.2) is 5.17 Å². The van der Waals surface area contributed by atoms with Crippen molar-refractivity contribution in [2.45, 2.75) is 19.3 Å². The molecule has 0 unspecified atom stereocenters. The Morgan fingerprint density at radius 2 is 1.95 bits per heavy atom. The van der Waals surface area contributed by atoms with Gasteiger partial charge in [-0.3, -0.25) is 4.99 Å². The first-order chi connectivity index (χ1) is 9.31. The molecule has 0 saturated carbocycles. The Morgan fingerprint density at radius 3 is 2.58 bits per heavy atom. The third-order valence-corrected chi connectivity index (χ3v) is 4.92. The summed E-state index contributed by atoms with van der Waals surface area (Å²) in [5, 5.41) is 1.25. The Bertz CT molecular complexity index is 450. The normalized spacial score (nSPS) is 20.7. The fourth-order valence-electron chi connectivity index (χ4n) is 2.80. The molecule has 0 amide bonds. The Balaban J connectivity index is 1.51. The highest BCUT2D eigenvalue weighted by molar-refractivity contribution is 8.14. The molecule has 1 fully saturated rings. The van der Waals surface area contributed by atoms with Gasteiger partial charge in [0.2, 0.25) is 0 Å². The molecule has 4 heteroatoms. The van der Waals surface area contributed by atoms with Crippen molar-refractivity contribution in [3.63, 3.8) is 0 Å². The van der Waals surface area contributed by atoms with Gasteiger partial charge in [-0.1, -0.05) is 23.9 Å². The number of rotatable bonds is 2. The van der Waals surface area contributed by atoms with E-state index in [1.165, 1.54) is 23.6 Å². The fourth-order valence-corrected chi connectivity index (χ4v) is 3.71. The van der Waals surface area contributed by atoms with Gasteiger partial charge >= 0.3 is 0 Å². The molecule has 0 aromatic heterocycles. The SMILES string of the molecule is Fc1ccc(CC2CCN(C3=NCCS3)CC2)cc1. The third-order valence-electron chi connectivity index (χ3n) is 3.89. The van der Waals surface area contributed by atoms with Crippen LogP contribution in [0.4, 0.5) is 4.39 Å². The molecule has 0 bridgehead atoms. The number of halogens is 1. The molecular formula is C15H19FN2S. The van der Waals surface area contributed by atoms with Crippen LogP contribution < -0.4 is 0 Å².